The van der Waals surface area contributed by atoms with E-state index in [2.05, 4.69) is 31.6 Å². The highest BCUT2D eigenvalue weighted by molar-refractivity contribution is 6.32. The van der Waals surface area contributed by atoms with Crippen molar-refractivity contribution in [1.29, 1.82) is 0 Å². The summed E-state index contributed by atoms with van der Waals surface area (Å²) in [6.07, 6.45) is 3.93. The van der Waals surface area contributed by atoms with Crippen LogP contribution in [-0.4, -0.2) is 41.5 Å². The third-order valence-corrected chi connectivity index (χ3v) is 4.47. The maximum atomic E-state index is 6.11. The zero-order chi connectivity index (χ0) is 16.2. The lowest BCUT2D eigenvalue weighted by molar-refractivity contribution is 0.223. The predicted molar refractivity (Wildman–Crippen MR) is 92.1 cm³/mol. The molecule has 0 amide bonds. The van der Waals surface area contributed by atoms with Gasteiger partial charge in [0, 0.05) is 13.6 Å². The van der Waals surface area contributed by atoms with Crippen LogP contribution in [0.5, 0.6) is 0 Å². The van der Waals surface area contributed by atoms with Gasteiger partial charge in [-0.2, -0.15) is 0 Å². The van der Waals surface area contributed by atoms with E-state index in [1.165, 1.54) is 19.2 Å². The maximum absolute atomic E-state index is 6.11. The SMILES string of the molecule is CNc1c(Cl)ncnc1NCC(c1ccc(C)o1)N1CCCC1. The van der Waals surface area contributed by atoms with Crippen LogP contribution >= 0.6 is 11.6 Å². The van der Waals surface area contributed by atoms with Gasteiger partial charge < -0.3 is 15.1 Å². The topological polar surface area (TPSA) is 66.2 Å². The lowest BCUT2D eigenvalue weighted by Crippen LogP contribution is -2.31. The number of aryl methyl sites for hydroxylation is 1. The van der Waals surface area contributed by atoms with Gasteiger partial charge >= 0.3 is 0 Å². The molecule has 6 nitrogen and oxygen atoms in total. The highest BCUT2D eigenvalue weighted by Crippen LogP contribution is 2.29. The van der Waals surface area contributed by atoms with E-state index in [1.807, 2.05) is 20.0 Å². The molecule has 1 saturated heterocycles. The molecule has 3 heterocycles. The summed E-state index contributed by atoms with van der Waals surface area (Å²) in [5.74, 6) is 2.63. The Morgan fingerprint density at radius 3 is 2.74 bits per heavy atom. The standard InChI is InChI=1S/C16H22ClN5O/c1-11-5-6-13(23-11)12(22-7-3-4-8-22)9-19-16-14(18-2)15(17)20-10-21-16/h5-6,10,12,18H,3-4,7-9H2,1-2H3,(H,19,20,21). The Morgan fingerprint density at radius 1 is 1.30 bits per heavy atom. The van der Waals surface area contributed by atoms with Gasteiger partial charge in [0.2, 0.25) is 0 Å². The number of aromatic nitrogens is 2. The fraction of sp³-hybridized carbons (Fsp3) is 0.500. The van der Waals surface area contributed by atoms with E-state index in [0.717, 1.165) is 24.6 Å². The number of hydrogen-bond donors (Lipinski definition) is 2. The molecule has 0 spiro atoms. The molecule has 0 aliphatic carbocycles. The minimum Gasteiger partial charge on any atom is -0.465 e. The normalized spacial score (nSPS) is 16.5. The number of hydrogen-bond acceptors (Lipinski definition) is 6. The van der Waals surface area contributed by atoms with Crippen molar-refractivity contribution >= 4 is 23.1 Å². The van der Waals surface area contributed by atoms with Crippen LogP contribution in [0.3, 0.4) is 0 Å². The average molecular weight is 336 g/mol. The van der Waals surface area contributed by atoms with Crippen molar-refractivity contribution in [2.75, 3.05) is 37.3 Å². The summed E-state index contributed by atoms with van der Waals surface area (Å²) in [6.45, 7) is 4.86. The molecule has 0 aromatic carbocycles. The summed E-state index contributed by atoms with van der Waals surface area (Å²) in [5, 5.41) is 6.85. The van der Waals surface area contributed by atoms with Crippen LogP contribution in [0, 0.1) is 6.92 Å². The molecule has 2 aromatic rings. The zero-order valence-electron chi connectivity index (χ0n) is 13.5. The van der Waals surface area contributed by atoms with E-state index in [4.69, 9.17) is 16.0 Å². The second kappa shape index (κ2) is 7.19. The first-order valence-electron chi connectivity index (χ1n) is 7.91. The zero-order valence-corrected chi connectivity index (χ0v) is 14.2. The molecule has 1 unspecified atom stereocenters. The third-order valence-electron chi connectivity index (χ3n) is 4.18. The number of furan rings is 1. The van der Waals surface area contributed by atoms with Crippen molar-refractivity contribution in [1.82, 2.24) is 14.9 Å². The fourth-order valence-corrected chi connectivity index (χ4v) is 3.24. The Kier molecular flexibility index (Phi) is 5.03. The van der Waals surface area contributed by atoms with Crippen LogP contribution in [0.15, 0.2) is 22.9 Å². The molecule has 7 heteroatoms. The van der Waals surface area contributed by atoms with Gasteiger partial charge in [0.1, 0.15) is 23.5 Å². The van der Waals surface area contributed by atoms with Crippen molar-refractivity contribution in [3.8, 4) is 0 Å². The summed E-state index contributed by atoms with van der Waals surface area (Å²) >= 11 is 6.11. The highest BCUT2D eigenvalue weighted by Gasteiger charge is 2.26. The lowest BCUT2D eigenvalue weighted by atomic mass is 10.2. The van der Waals surface area contributed by atoms with E-state index in [1.54, 1.807) is 0 Å². The van der Waals surface area contributed by atoms with Crippen molar-refractivity contribution in [2.45, 2.75) is 25.8 Å². The molecule has 23 heavy (non-hydrogen) atoms. The third kappa shape index (κ3) is 3.59. The van der Waals surface area contributed by atoms with E-state index in [0.29, 0.717) is 23.2 Å². The van der Waals surface area contributed by atoms with Gasteiger partial charge in [0.15, 0.2) is 11.0 Å². The van der Waals surface area contributed by atoms with Crippen LogP contribution in [0.25, 0.3) is 0 Å². The van der Waals surface area contributed by atoms with Crippen LogP contribution in [-0.2, 0) is 0 Å². The first-order chi connectivity index (χ1) is 11.2. The molecule has 0 saturated carbocycles. The molecule has 0 bridgehead atoms. The largest absolute Gasteiger partial charge is 0.465 e. The fourth-order valence-electron chi connectivity index (χ4n) is 3.01. The molecule has 1 aliphatic heterocycles. The second-order valence-electron chi connectivity index (χ2n) is 5.73. The van der Waals surface area contributed by atoms with Crippen LogP contribution < -0.4 is 10.6 Å². The number of anilines is 2. The molecule has 2 aromatic heterocycles. The Labute approximate surface area is 141 Å². The number of rotatable bonds is 6. The molecule has 1 aliphatic rings. The maximum Gasteiger partial charge on any atom is 0.157 e. The highest BCUT2D eigenvalue weighted by atomic mass is 35.5. The smallest absolute Gasteiger partial charge is 0.157 e. The summed E-state index contributed by atoms with van der Waals surface area (Å²) in [4.78, 5) is 10.7. The van der Waals surface area contributed by atoms with Gasteiger partial charge in [-0.05, 0) is 45.0 Å². The van der Waals surface area contributed by atoms with Crippen molar-refractivity contribution in [2.24, 2.45) is 0 Å². The van der Waals surface area contributed by atoms with E-state index in [9.17, 15) is 0 Å². The molecule has 0 radical (unpaired) electrons. The second-order valence-corrected chi connectivity index (χ2v) is 6.08. The number of likely N-dealkylation sites (tertiary alicyclic amines) is 1. The average Bonchev–Trinajstić information content (AvgIpc) is 3.20. The number of halogens is 1. The minimum atomic E-state index is 0.185. The summed E-state index contributed by atoms with van der Waals surface area (Å²) < 4.78 is 5.87. The van der Waals surface area contributed by atoms with Gasteiger partial charge in [-0.3, -0.25) is 4.90 Å². The quantitative estimate of drug-likeness (QED) is 0.789. The predicted octanol–water partition coefficient (Wildman–Crippen LogP) is 3.32. The lowest BCUT2D eigenvalue weighted by Gasteiger charge is -2.26. The van der Waals surface area contributed by atoms with Crippen molar-refractivity contribution < 1.29 is 4.42 Å². The summed E-state index contributed by atoms with van der Waals surface area (Å²) in [7, 11) is 1.81. The van der Waals surface area contributed by atoms with Gasteiger partial charge in [0.25, 0.3) is 0 Å². The molecule has 124 valence electrons. The van der Waals surface area contributed by atoms with Gasteiger partial charge in [-0.25, -0.2) is 9.97 Å². The molecule has 1 fully saturated rings. The molecule has 1 atom stereocenters. The molecular formula is C16H22ClN5O. The first kappa shape index (κ1) is 16.1. The van der Waals surface area contributed by atoms with E-state index < -0.39 is 0 Å². The van der Waals surface area contributed by atoms with Gasteiger partial charge in [-0.15, -0.1) is 0 Å². The number of nitrogens with one attached hydrogen (secondary N) is 2. The Hall–Kier alpha value is -1.79. The molecular weight excluding hydrogens is 314 g/mol. The summed E-state index contributed by atoms with van der Waals surface area (Å²) in [6, 6.07) is 4.26. The molecule has 2 N–H and O–H groups in total. The molecule has 3 rings (SSSR count). The monoisotopic (exact) mass is 335 g/mol. The van der Waals surface area contributed by atoms with E-state index in [-0.39, 0.29) is 6.04 Å². The van der Waals surface area contributed by atoms with Crippen molar-refractivity contribution in [3.63, 3.8) is 0 Å². The van der Waals surface area contributed by atoms with Crippen LogP contribution in [0.2, 0.25) is 5.15 Å². The minimum absolute atomic E-state index is 0.185. The van der Waals surface area contributed by atoms with Crippen molar-refractivity contribution in [3.05, 3.63) is 35.1 Å². The summed E-state index contributed by atoms with van der Waals surface area (Å²) in [5.41, 5.74) is 0.713. The Morgan fingerprint density at radius 2 is 2.09 bits per heavy atom. The first-order valence-corrected chi connectivity index (χ1v) is 8.29. The van der Waals surface area contributed by atoms with Crippen LogP contribution in [0.1, 0.15) is 30.4 Å². The number of nitrogens with zero attached hydrogens (tertiary/aromatic N) is 3. The van der Waals surface area contributed by atoms with Crippen LogP contribution in [0.4, 0.5) is 11.5 Å². The van der Waals surface area contributed by atoms with Gasteiger partial charge in [0.05, 0.1) is 6.04 Å². The van der Waals surface area contributed by atoms with Gasteiger partial charge in [-0.1, -0.05) is 11.6 Å². The Bertz CT molecular complexity index is 654. The Balaban J connectivity index is 1.78. The van der Waals surface area contributed by atoms with E-state index >= 15 is 0 Å².